The molecule has 0 unspecified atom stereocenters. The highest BCUT2D eigenvalue weighted by Crippen LogP contribution is 2.18. The molecule has 1 amide bonds. The van der Waals surface area contributed by atoms with Crippen molar-refractivity contribution >= 4 is 27.9 Å². The molecule has 0 aliphatic rings. The Balaban J connectivity index is 2.96. The number of carbonyl (C=O) groups is 1. The molecule has 0 spiro atoms. The summed E-state index contributed by atoms with van der Waals surface area (Å²) >= 11 is 3.15. The standard InChI is InChI=1S/C9H7BrFNO/c10-8-5-7(11)3-1-6(8)2-4-9(12)13/h1-5H,(H2,12,13). The quantitative estimate of drug-likeness (QED) is 0.795. The number of rotatable bonds is 2. The third-order valence-corrected chi connectivity index (χ3v) is 2.08. The largest absolute Gasteiger partial charge is 0.366 e. The highest BCUT2D eigenvalue weighted by atomic mass is 79.9. The summed E-state index contributed by atoms with van der Waals surface area (Å²) in [6.07, 6.45) is 2.74. The lowest BCUT2D eigenvalue weighted by molar-refractivity contribution is -0.113. The summed E-state index contributed by atoms with van der Waals surface area (Å²) in [7, 11) is 0. The first-order valence-electron chi connectivity index (χ1n) is 3.52. The summed E-state index contributed by atoms with van der Waals surface area (Å²) in [5.74, 6) is -0.862. The van der Waals surface area contributed by atoms with E-state index >= 15 is 0 Å². The maximum Gasteiger partial charge on any atom is 0.241 e. The predicted molar refractivity (Wildman–Crippen MR) is 52.3 cm³/mol. The molecule has 0 saturated carbocycles. The van der Waals surface area contributed by atoms with Gasteiger partial charge in [-0.3, -0.25) is 4.79 Å². The van der Waals surface area contributed by atoms with Crippen LogP contribution >= 0.6 is 15.9 Å². The summed E-state index contributed by atoms with van der Waals surface area (Å²) in [5, 5.41) is 0. The topological polar surface area (TPSA) is 43.1 Å². The molecule has 2 nitrogen and oxygen atoms in total. The molecular formula is C9H7BrFNO. The van der Waals surface area contributed by atoms with Gasteiger partial charge in [0.25, 0.3) is 0 Å². The van der Waals surface area contributed by atoms with Crippen molar-refractivity contribution in [2.75, 3.05) is 0 Å². The van der Waals surface area contributed by atoms with Gasteiger partial charge in [-0.05, 0) is 23.8 Å². The van der Waals surface area contributed by atoms with Crippen molar-refractivity contribution in [3.63, 3.8) is 0 Å². The van der Waals surface area contributed by atoms with Crippen LogP contribution in [0, 0.1) is 5.82 Å². The maximum absolute atomic E-state index is 12.6. The van der Waals surface area contributed by atoms with Crippen LogP contribution in [0.25, 0.3) is 6.08 Å². The second-order valence-corrected chi connectivity index (χ2v) is 3.26. The summed E-state index contributed by atoms with van der Waals surface area (Å²) in [4.78, 5) is 10.4. The van der Waals surface area contributed by atoms with Gasteiger partial charge in [-0.15, -0.1) is 0 Å². The fourth-order valence-corrected chi connectivity index (χ4v) is 1.29. The lowest BCUT2D eigenvalue weighted by Gasteiger charge is -1.96. The Labute approximate surface area is 83.4 Å². The molecule has 0 aliphatic carbocycles. The van der Waals surface area contributed by atoms with Crippen LogP contribution in [0.3, 0.4) is 0 Å². The Hall–Kier alpha value is -1.16. The third kappa shape index (κ3) is 2.99. The third-order valence-electron chi connectivity index (χ3n) is 1.39. The molecule has 1 aromatic carbocycles. The average Bonchev–Trinajstić information content (AvgIpc) is 2.02. The van der Waals surface area contributed by atoms with Gasteiger partial charge >= 0.3 is 0 Å². The van der Waals surface area contributed by atoms with E-state index in [9.17, 15) is 9.18 Å². The van der Waals surface area contributed by atoms with Crippen LogP contribution in [0.1, 0.15) is 5.56 Å². The second kappa shape index (κ2) is 4.18. The van der Waals surface area contributed by atoms with Crippen LogP contribution < -0.4 is 5.73 Å². The van der Waals surface area contributed by atoms with E-state index in [-0.39, 0.29) is 5.82 Å². The minimum Gasteiger partial charge on any atom is -0.366 e. The molecule has 13 heavy (non-hydrogen) atoms. The van der Waals surface area contributed by atoms with Crippen molar-refractivity contribution in [3.05, 3.63) is 40.1 Å². The number of carbonyl (C=O) groups excluding carboxylic acids is 1. The molecule has 0 saturated heterocycles. The molecular weight excluding hydrogens is 237 g/mol. The summed E-state index contributed by atoms with van der Waals surface area (Å²) in [6.45, 7) is 0. The zero-order valence-corrected chi connectivity index (χ0v) is 8.21. The minimum atomic E-state index is -0.531. The van der Waals surface area contributed by atoms with Crippen LogP contribution in [0.5, 0.6) is 0 Å². The van der Waals surface area contributed by atoms with Crippen molar-refractivity contribution in [1.82, 2.24) is 0 Å². The van der Waals surface area contributed by atoms with E-state index in [0.29, 0.717) is 10.0 Å². The van der Waals surface area contributed by atoms with Crippen molar-refractivity contribution in [1.29, 1.82) is 0 Å². The number of amides is 1. The summed E-state index contributed by atoms with van der Waals surface area (Å²) in [5.41, 5.74) is 5.61. The average molecular weight is 244 g/mol. The van der Waals surface area contributed by atoms with Gasteiger partial charge in [0, 0.05) is 10.5 Å². The van der Waals surface area contributed by atoms with Gasteiger partial charge in [-0.2, -0.15) is 0 Å². The first kappa shape index (κ1) is 9.92. The van der Waals surface area contributed by atoms with Crippen LogP contribution in [-0.2, 0) is 4.79 Å². The Bertz CT molecular complexity index is 363. The molecule has 0 radical (unpaired) electrons. The molecule has 0 heterocycles. The van der Waals surface area contributed by atoms with E-state index in [1.807, 2.05) is 0 Å². The van der Waals surface area contributed by atoms with Crippen LogP contribution in [0.2, 0.25) is 0 Å². The van der Waals surface area contributed by atoms with Gasteiger partial charge in [-0.25, -0.2) is 4.39 Å². The lowest BCUT2D eigenvalue weighted by Crippen LogP contribution is -2.05. The van der Waals surface area contributed by atoms with Crippen LogP contribution in [-0.4, -0.2) is 5.91 Å². The smallest absolute Gasteiger partial charge is 0.241 e. The minimum absolute atomic E-state index is 0.330. The predicted octanol–water partition coefficient (Wildman–Crippen LogP) is 2.09. The number of hydrogen-bond donors (Lipinski definition) is 1. The molecule has 0 aromatic heterocycles. The van der Waals surface area contributed by atoms with Crippen molar-refractivity contribution in [3.8, 4) is 0 Å². The Kier molecular flexibility index (Phi) is 3.19. The fourth-order valence-electron chi connectivity index (χ4n) is 0.809. The second-order valence-electron chi connectivity index (χ2n) is 2.40. The zero-order chi connectivity index (χ0) is 9.84. The van der Waals surface area contributed by atoms with Gasteiger partial charge in [0.2, 0.25) is 5.91 Å². The van der Waals surface area contributed by atoms with Gasteiger partial charge in [0.15, 0.2) is 0 Å². The number of hydrogen-bond acceptors (Lipinski definition) is 1. The normalized spacial score (nSPS) is 10.6. The first-order valence-corrected chi connectivity index (χ1v) is 4.31. The number of halogens is 2. The van der Waals surface area contributed by atoms with E-state index in [0.717, 1.165) is 0 Å². The monoisotopic (exact) mass is 243 g/mol. The summed E-state index contributed by atoms with van der Waals surface area (Å²) in [6, 6.07) is 4.19. The van der Waals surface area contributed by atoms with Crippen molar-refractivity contribution in [2.45, 2.75) is 0 Å². The zero-order valence-electron chi connectivity index (χ0n) is 6.63. The van der Waals surface area contributed by atoms with Crippen LogP contribution in [0.4, 0.5) is 4.39 Å². The van der Waals surface area contributed by atoms with Gasteiger partial charge in [-0.1, -0.05) is 22.0 Å². The molecule has 68 valence electrons. The molecule has 0 atom stereocenters. The molecule has 0 fully saturated rings. The molecule has 4 heteroatoms. The van der Waals surface area contributed by atoms with Gasteiger partial charge in [0.1, 0.15) is 5.82 Å². The fraction of sp³-hybridized carbons (Fsp3) is 0. The SMILES string of the molecule is NC(=O)C=Cc1ccc(F)cc1Br. The van der Waals surface area contributed by atoms with E-state index in [1.165, 1.54) is 24.3 Å². The molecule has 0 aliphatic heterocycles. The number of benzene rings is 1. The summed E-state index contributed by atoms with van der Waals surface area (Å²) < 4.78 is 13.2. The molecule has 1 aromatic rings. The lowest BCUT2D eigenvalue weighted by atomic mass is 10.2. The first-order chi connectivity index (χ1) is 6.09. The Morgan fingerprint density at radius 1 is 1.54 bits per heavy atom. The van der Waals surface area contributed by atoms with Crippen molar-refractivity contribution in [2.24, 2.45) is 5.73 Å². The Morgan fingerprint density at radius 3 is 2.77 bits per heavy atom. The highest BCUT2D eigenvalue weighted by Gasteiger charge is 1.97. The van der Waals surface area contributed by atoms with E-state index < -0.39 is 5.91 Å². The maximum atomic E-state index is 12.6. The van der Waals surface area contributed by atoms with E-state index in [4.69, 9.17) is 5.73 Å². The number of primary amides is 1. The van der Waals surface area contributed by atoms with E-state index in [2.05, 4.69) is 15.9 Å². The molecule has 1 rings (SSSR count). The molecule has 0 bridgehead atoms. The van der Waals surface area contributed by atoms with Gasteiger partial charge < -0.3 is 5.73 Å². The van der Waals surface area contributed by atoms with Crippen LogP contribution in [0.15, 0.2) is 28.7 Å². The van der Waals surface area contributed by atoms with Gasteiger partial charge in [0.05, 0.1) is 0 Å². The Morgan fingerprint density at radius 2 is 2.23 bits per heavy atom. The highest BCUT2D eigenvalue weighted by molar-refractivity contribution is 9.10. The van der Waals surface area contributed by atoms with E-state index in [1.54, 1.807) is 6.07 Å². The van der Waals surface area contributed by atoms with Crippen molar-refractivity contribution < 1.29 is 9.18 Å². The number of nitrogens with two attached hydrogens (primary N) is 1. The molecule has 2 N–H and O–H groups in total.